The third-order valence-corrected chi connectivity index (χ3v) is 6.15. The van der Waals surface area contributed by atoms with Crippen LogP contribution in [0.3, 0.4) is 0 Å². The summed E-state index contributed by atoms with van der Waals surface area (Å²) in [7, 11) is 0. The first-order valence-corrected chi connectivity index (χ1v) is 10.9. The Morgan fingerprint density at radius 2 is 1.83 bits per heavy atom. The molecule has 30 heavy (non-hydrogen) atoms. The Labute approximate surface area is 176 Å². The minimum Gasteiger partial charge on any atom is -0.438 e. The number of imide groups is 1. The summed E-state index contributed by atoms with van der Waals surface area (Å²) in [6.45, 7) is 4.29. The fourth-order valence-corrected chi connectivity index (χ4v) is 4.66. The van der Waals surface area contributed by atoms with E-state index in [1.165, 1.54) is 4.90 Å². The van der Waals surface area contributed by atoms with Crippen molar-refractivity contribution < 1.29 is 18.8 Å². The SMILES string of the molecule is CC(C)C[C@H](NC(=O)CCN1C(=O)[C@H]2CCCC[C@@H]2C1=O)c1nc2ccccc2o1. The standard InChI is InChI=1S/C23H29N3O4/c1-14(2)13-18(21-25-17-9-5-6-10-19(17)30-21)24-20(27)11-12-26-22(28)15-7-3-4-8-16(15)23(26)29/h5-6,9-10,14-16,18H,3-4,7-8,11-13H2,1-2H3,(H,24,27)/t15-,16-,18-/m0/s1. The first-order valence-electron chi connectivity index (χ1n) is 10.9. The van der Waals surface area contributed by atoms with Crippen LogP contribution in [0.5, 0.6) is 0 Å². The number of para-hydroxylation sites is 2. The Morgan fingerprint density at radius 1 is 1.17 bits per heavy atom. The predicted molar refractivity (Wildman–Crippen MR) is 111 cm³/mol. The van der Waals surface area contributed by atoms with Crippen molar-refractivity contribution >= 4 is 28.8 Å². The van der Waals surface area contributed by atoms with Crippen LogP contribution in [0.25, 0.3) is 11.1 Å². The van der Waals surface area contributed by atoms with Gasteiger partial charge in [0.25, 0.3) is 0 Å². The molecular formula is C23H29N3O4. The minimum absolute atomic E-state index is 0.0890. The summed E-state index contributed by atoms with van der Waals surface area (Å²) < 4.78 is 5.86. The number of benzene rings is 1. The molecule has 1 aromatic heterocycles. The highest BCUT2D eigenvalue weighted by molar-refractivity contribution is 6.05. The van der Waals surface area contributed by atoms with Gasteiger partial charge >= 0.3 is 0 Å². The normalized spacial score (nSPS) is 22.6. The zero-order valence-corrected chi connectivity index (χ0v) is 17.6. The molecule has 1 saturated carbocycles. The number of likely N-dealkylation sites (tertiary alicyclic amines) is 1. The molecule has 0 bridgehead atoms. The van der Waals surface area contributed by atoms with E-state index >= 15 is 0 Å². The van der Waals surface area contributed by atoms with Gasteiger partial charge in [0, 0.05) is 13.0 Å². The molecule has 4 rings (SSSR count). The lowest BCUT2D eigenvalue weighted by Gasteiger charge is -2.19. The number of carbonyl (C=O) groups is 3. The Bertz CT molecular complexity index is 894. The molecule has 0 unspecified atom stereocenters. The minimum atomic E-state index is -0.350. The lowest BCUT2D eigenvalue weighted by atomic mass is 9.81. The lowest BCUT2D eigenvalue weighted by Crippen LogP contribution is -2.36. The molecule has 0 spiro atoms. The van der Waals surface area contributed by atoms with Crippen LogP contribution in [0.2, 0.25) is 0 Å². The Balaban J connectivity index is 1.40. The van der Waals surface area contributed by atoms with Crippen molar-refractivity contribution in [2.24, 2.45) is 17.8 Å². The maximum atomic E-state index is 12.7. The molecule has 1 aromatic carbocycles. The first-order chi connectivity index (χ1) is 14.4. The molecule has 2 heterocycles. The lowest BCUT2D eigenvalue weighted by molar-refractivity contribution is -0.140. The van der Waals surface area contributed by atoms with E-state index in [-0.39, 0.29) is 48.6 Å². The summed E-state index contributed by atoms with van der Waals surface area (Å²) in [5.41, 5.74) is 1.44. The summed E-state index contributed by atoms with van der Waals surface area (Å²) in [5.74, 6) is 0.0435. The number of carbonyl (C=O) groups excluding carboxylic acids is 3. The number of hydrogen-bond donors (Lipinski definition) is 1. The number of fused-ring (bicyclic) bond motifs is 2. The highest BCUT2D eigenvalue weighted by atomic mass is 16.3. The van der Waals surface area contributed by atoms with Gasteiger partial charge in [0.05, 0.1) is 11.8 Å². The molecule has 1 aliphatic heterocycles. The van der Waals surface area contributed by atoms with E-state index in [0.29, 0.717) is 23.8 Å². The van der Waals surface area contributed by atoms with Crippen molar-refractivity contribution in [3.05, 3.63) is 30.2 Å². The maximum absolute atomic E-state index is 12.7. The van der Waals surface area contributed by atoms with Crippen LogP contribution < -0.4 is 5.32 Å². The molecule has 1 aliphatic carbocycles. The smallest absolute Gasteiger partial charge is 0.233 e. The number of oxazole rings is 1. The second-order valence-electron chi connectivity index (χ2n) is 8.85. The van der Waals surface area contributed by atoms with Crippen molar-refractivity contribution in [1.82, 2.24) is 15.2 Å². The third kappa shape index (κ3) is 4.11. The molecule has 2 aliphatic rings. The number of hydrogen-bond acceptors (Lipinski definition) is 5. The monoisotopic (exact) mass is 411 g/mol. The maximum Gasteiger partial charge on any atom is 0.233 e. The van der Waals surface area contributed by atoms with E-state index in [1.807, 2.05) is 24.3 Å². The Kier molecular flexibility index (Phi) is 5.88. The van der Waals surface area contributed by atoms with E-state index in [4.69, 9.17) is 4.42 Å². The van der Waals surface area contributed by atoms with Crippen molar-refractivity contribution in [3.63, 3.8) is 0 Å². The van der Waals surface area contributed by atoms with Gasteiger partial charge in [0.2, 0.25) is 23.6 Å². The van der Waals surface area contributed by atoms with Gasteiger partial charge in [-0.1, -0.05) is 38.8 Å². The van der Waals surface area contributed by atoms with Crippen molar-refractivity contribution in [2.75, 3.05) is 6.54 Å². The molecule has 160 valence electrons. The zero-order valence-electron chi connectivity index (χ0n) is 17.6. The van der Waals surface area contributed by atoms with Gasteiger partial charge in [-0.25, -0.2) is 4.98 Å². The van der Waals surface area contributed by atoms with Crippen LogP contribution in [-0.2, 0) is 14.4 Å². The fourth-order valence-electron chi connectivity index (χ4n) is 4.66. The molecule has 2 fully saturated rings. The van der Waals surface area contributed by atoms with Gasteiger partial charge in [-0.2, -0.15) is 0 Å². The molecule has 1 N–H and O–H groups in total. The molecule has 7 nitrogen and oxygen atoms in total. The van der Waals surface area contributed by atoms with Crippen LogP contribution in [0, 0.1) is 17.8 Å². The van der Waals surface area contributed by atoms with Crippen LogP contribution in [0.4, 0.5) is 0 Å². The van der Waals surface area contributed by atoms with E-state index in [0.717, 1.165) is 31.2 Å². The van der Waals surface area contributed by atoms with Crippen LogP contribution in [-0.4, -0.2) is 34.2 Å². The van der Waals surface area contributed by atoms with Crippen molar-refractivity contribution in [2.45, 2.75) is 58.4 Å². The van der Waals surface area contributed by atoms with E-state index in [1.54, 1.807) is 0 Å². The van der Waals surface area contributed by atoms with E-state index < -0.39 is 0 Å². The summed E-state index contributed by atoms with van der Waals surface area (Å²) in [5, 5.41) is 3.00. The van der Waals surface area contributed by atoms with Gasteiger partial charge in [0.1, 0.15) is 11.6 Å². The van der Waals surface area contributed by atoms with Crippen LogP contribution >= 0.6 is 0 Å². The Hall–Kier alpha value is -2.70. The molecule has 0 radical (unpaired) electrons. The average molecular weight is 412 g/mol. The summed E-state index contributed by atoms with van der Waals surface area (Å²) >= 11 is 0. The fraction of sp³-hybridized carbons (Fsp3) is 0.565. The van der Waals surface area contributed by atoms with Gasteiger partial charge in [0.15, 0.2) is 5.58 Å². The summed E-state index contributed by atoms with van der Waals surface area (Å²) in [6, 6.07) is 7.16. The third-order valence-electron chi connectivity index (χ3n) is 6.15. The van der Waals surface area contributed by atoms with Gasteiger partial charge in [-0.05, 0) is 37.3 Å². The number of nitrogens with zero attached hydrogens (tertiary/aromatic N) is 2. The number of amides is 3. The predicted octanol–water partition coefficient (Wildman–Crippen LogP) is 3.60. The zero-order chi connectivity index (χ0) is 21.3. The second-order valence-corrected chi connectivity index (χ2v) is 8.85. The van der Waals surface area contributed by atoms with Gasteiger partial charge < -0.3 is 9.73 Å². The highest BCUT2D eigenvalue weighted by Crippen LogP contribution is 2.38. The average Bonchev–Trinajstić information content (AvgIpc) is 3.26. The Morgan fingerprint density at radius 3 is 2.47 bits per heavy atom. The second kappa shape index (κ2) is 8.58. The molecule has 2 aromatic rings. The number of rotatable bonds is 7. The van der Waals surface area contributed by atoms with E-state index in [2.05, 4.69) is 24.1 Å². The van der Waals surface area contributed by atoms with Crippen LogP contribution in [0.1, 0.15) is 64.3 Å². The number of aromatic nitrogens is 1. The van der Waals surface area contributed by atoms with Gasteiger partial charge in [-0.15, -0.1) is 0 Å². The number of nitrogens with one attached hydrogen (secondary N) is 1. The molecule has 3 amide bonds. The molecule has 3 atom stereocenters. The summed E-state index contributed by atoms with van der Waals surface area (Å²) in [4.78, 5) is 43.7. The van der Waals surface area contributed by atoms with E-state index in [9.17, 15) is 14.4 Å². The van der Waals surface area contributed by atoms with Gasteiger partial charge in [-0.3, -0.25) is 19.3 Å². The summed E-state index contributed by atoms with van der Waals surface area (Å²) in [6.07, 6.45) is 4.33. The highest BCUT2D eigenvalue weighted by Gasteiger charge is 2.47. The van der Waals surface area contributed by atoms with Crippen LogP contribution in [0.15, 0.2) is 28.7 Å². The molecule has 1 saturated heterocycles. The largest absolute Gasteiger partial charge is 0.438 e. The quantitative estimate of drug-likeness (QED) is 0.703. The molecular weight excluding hydrogens is 382 g/mol. The topological polar surface area (TPSA) is 92.5 Å². The van der Waals surface area contributed by atoms with Crippen molar-refractivity contribution in [1.29, 1.82) is 0 Å². The first kappa shape index (κ1) is 20.6. The van der Waals surface area contributed by atoms with Crippen molar-refractivity contribution in [3.8, 4) is 0 Å². The molecule has 7 heteroatoms.